The number of para-hydroxylation sites is 1. The van der Waals surface area contributed by atoms with E-state index < -0.39 is 0 Å². The average Bonchev–Trinajstić information content (AvgIpc) is 2.43. The lowest BCUT2D eigenvalue weighted by molar-refractivity contribution is 0.238. The zero-order valence-corrected chi connectivity index (χ0v) is 12.3. The van der Waals surface area contributed by atoms with Crippen LogP contribution in [0.15, 0.2) is 42.6 Å². The first-order valence-electron chi connectivity index (χ1n) is 6.45. The van der Waals surface area contributed by atoms with Crippen LogP contribution in [-0.4, -0.2) is 11.1 Å². The Balaban J connectivity index is 2.45. The van der Waals surface area contributed by atoms with Crippen molar-refractivity contribution < 1.29 is 4.74 Å². The Kier molecular flexibility index (Phi) is 4.95. The largest absolute Gasteiger partial charge is 0.491 e. The monoisotopic (exact) mass is 291 g/mol. The molecule has 0 spiro atoms. The minimum absolute atomic E-state index is 0.0776. The van der Waals surface area contributed by atoms with E-state index in [-0.39, 0.29) is 12.1 Å². The number of benzene rings is 1. The van der Waals surface area contributed by atoms with Crippen molar-refractivity contribution in [3.05, 3.63) is 58.9 Å². The van der Waals surface area contributed by atoms with Crippen molar-refractivity contribution in [2.45, 2.75) is 26.0 Å². The van der Waals surface area contributed by atoms with Crippen molar-refractivity contribution in [3.63, 3.8) is 0 Å². The number of pyridine rings is 1. The lowest BCUT2D eigenvalue weighted by Gasteiger charge is -2.21. The number of halogens is 1. The SMILES string of the molecule is CC(C)Oc1ccccc1C(NN)c1ncccc1Cl. The first-order valence-corrected chi connectivity index (χ1v) is 6.83. The molecule has 20 heavy (non-hydrogen) atoms. The molecule has 3 N–H and O–H groups in total. The van der Waals surface area contributed by atoms with Crippen molar-refractivity contribution >= 4 is 11.6 Å². The molecule has 0 aliphatic rings. The third kappa shape index (κ3) is 3.28. The maximum Gasteiger partial charge on any atom is 0.124 e. The third-order valence-corrected chi connectivity index (χ3v) is 3.14. The predicted octanol–water partition coefficient (Wildman–Crippen LogP) is 3.07. The number of hydrazine groups is 1. The fourth-order valence-corrected chi connectivity index (χ4v) is 2.24. The molecule has 5 heteroatoms. The van der Waals surface area contributed by atoms with Gasteiger partial charge in [0.1, 0.15) is 5.75 Å². The van der Waals surface area contributed by atoms with Gasteiger partial charge in [0.15, 0.2) is 0 Å². The van der Waals surface area contributed by atoms with E-state index in [0.29, 0.717) is 10.7 Å². The summed E-state index contributed by atoms with van der Waals surface area (Å²) in [6, 6.07) is 11.0. The van der Waals surface area contributed by atoms with E-state index in [0.717, 1.165) is 11.3 Å². The minimum Gasteiger partial charge on any atom is -0.491 e. The van der Waals surface area contributed by atoms with Crippen molar-refractivity contribution in [3.8, 4) is 5.75 Å². The Bertz CT molecular complexity index is 575. The Morgan fingerprint density at radius 3 is 2.60 bits per heavy atom. The first kappa shape index (κ1) is 14.8. The second-order valence-corrected chi connectivity index (χ2v) is 5.08. The molecule has 2 rings (SSSR count). The van der Waals surface area contributed by atoms with E-state index in [1.807, 2.05) is 38.1 Å². The summed E-state index contributed by atoms with van der Waals surface area (Å²) < 4.78 is 5.82. The third-order valence-electron chi connectivity index (χ3n) is 2.82. The summed E-state index contributed by atoms with van der Waals surface area (Å²) in [5.41, 5.74) is 4.35. The number of aromatic nitrogens is 1. The Hall–Kier alpha value is -1.62. The number of nitrogens with zero attached hydrogens (tertiary/aromatic N) is 1. The number of nitrogens with one attached hydrogen (secondary N) is 1. The molecule has 2 aromatic rings. The van der Waals surface area contributed by atoms with Gasteiger partial charge in [0.05, 0.1) is 22.9 Å². The molecule has 0 amide bonds. The molecule has 0 aliphatic carbocycles. The quantitative estimate of drug-likeness (QED) is 0.656. The maximum atomic E-state index is 6.21. The van der Waals surface area contributed by atoms with Crippen LogP contribution in [-0.2, 0) is 0 Å². The standard InChI is InChI=1S/C15H18ClN3O/c1-10(2)20-13-8-4-3-6-11(13)14(19-17)15-12(16)7-5-9-18-15/h3-10,14,19H,17H2,1-2H3. The lowest BCUT2D eigenvalue weighted by Crippen LogP contribution is -2.30. The van der Waals surface area contributed by atoms with Crippen molar-refractivity contribution in [2.24, 2.45) is 5.84 Å². The number of rotatable bonds is 5. The molecule has 0 bridgehead atoms. The molecule has 0 saturated carbocycles. The molecular formula is C15H18ClN3O. The summed E-state index contributed by atoms with van der Waals surface area (Å²) in [4.78, 5) is 4.32. The number of hydrogen-bond donors (Lipinski definition) is 2. The molecule has 1 aromatic heterocycles. The topological polar surface area (TPSA) is 60.2 Å². The van der Waals surface area contributed by atoms with Crippen LogP contribution in [0.3, 0.4) is 0 Å². The second kappa shape index (κ2) is 6.70. The molecule has 106 valence electrons. The van der Waals surface area contributed by atoms with Gasteiger partial charge < -0.3 is 4.74 Å². The van der Waals surface area contributed by atoms with Gasteiger partial charge in [-0.15, -0.1) is 0 Å². The lowest BCUT2D eigenvalue weighted by atomic mass is 10.0. The molecule has 0 fully saturated rings. The highest BCUT2D eigenvalue weighted by Gasteiger charge is 2.20. The molecule has 1 aromatic carbocycles. The molecular weight excluding hydrogens is 274 g/mol. The molecule has 1 atom stereocenters. The van der Waals surface area contributed by atoms with Crippen LogP contribution in [0.4, 0.5) is 0 Å². The highest BCUT2D eigenvalue weighted by molar-refractivity contribution is 6.31. The van der Waals surface area contributed by atoms with E-state index in [1.165, 1.54) is 0 Å². The van der Waals surface area contributed by atoms with Gasteiger partial charge in [-0.2, -0.15) is 0 Å². The summed E-state index contributed by atoms with van der Waals surface area (Å²) in [7, 11) is 0. The summed E-state index contributed by atoms with van der Waals surface area (Å²) in [5, 5.41) is 0.565. The fourth-order valence-electron chi connectivity index (χ4n) is 2.01. The smallest absolute Gasteiger partial charge is 0.124 e. The van der Waals surface area contributed by atoms with Crippen LogP contribution < -0.4 is 16.0 Å². The van der Waals surface area contributed by atoms with E-state index in [1.54, 1.807) is 18.3 Å². The van der Waals surface area contributed by atoms with Gasteiger partial charge in [0.25, 0.3) is 0 Å². The van der Waals surface area contributed by atoms with Crippen LogP contribution in [0.1, 0.15) is 31.1 Å². The second-order valence-electron chi connectivity index (χ2n) is 4.67. The van der Waals surface area contributed by atoms with Crippen LogP contribution in [0.5, 0.6) is 5.75 Å². The van der Waals surface area contributed by atoms with Gasteiger partial charge >= 0.3 is 0 Å². The van der Waals surface area contributed by atoms with Crippen molar-refractivity contribution in [1.29, 1.82) is 0 Å². The minimum atomic E-state index is -0.321. The molecule has 0 aliphatic heterocycles. The van der Waals surface area contributed by atoms with Gasteiger partial charge in [-0.3, -0.25) is 10.8 Å². The van der Waals surface area contributed by atoms with Crippen molar-refractivity contribution in [2.75, 3.05) is 0 Å². The average molecular weight is 292 g/mol. The molecule has 4 nitrogen and oxygen atoms in total. The van der Waals surface area contributed by atoms with Crippen LogP contribution in [0.25, 0.3) is 0 Å². The van der Waals surface area contributed by atoms with Gasteiger partial charge in [-0.25, -0.2) is 5.43 Å². The highest BCUT2D eigenvalue weighted by Crippen LogP contribution is 2.32. The zero-order valence-electron chi connectivity index (χ0n) is 11.5. The Morgan fingerprint density at radius 1 is 1.20 bits per heavy atom. The van der Waals surface area contributed by atoms with Crippen LogP contribution in [0, 0.1) is 0 Å². The van der Waals surface area contributed by atoms with Gasteiger partial charge in [0, 0.05) is 11.8 Å². The normalized spacial score (nSPS) is 12.4. The number of hydrogen-bond acceptors (Lipinski definition) is 4. The fraction of sp³-hybridized carbons (Fsp3) is 0.267. The summed E-state index contributed by atoms with van der Waals surface area (Å²) >= 11 is 6.21. The molecule has 1 unspecified atom stereocenters. The summed E-state index contributed by atoms with van der Waals surface area (Å²) in [5.74, 6) is 6.47. The summed E-state index contributed by atoms with van der Waals surface area (Å²) in [6.07, 6.45) is 1.77. The van der Waals surface area contributed by atoms with E-state index >= 15 is 0 Å². The van der Waals surface area contributed by atoms with Crippen LogP contribution >= 0.6 is 11.6 Å². The van der Waals surface area contributed by atoms with Crippen molar-refractivity contribution in [1.82, 2.24) is 10.4 Å². The van der Waals surface area contributed by atoms with E-state index in [9.17, 15) is 0 Å². The Labute approximate surface area is 123 Å². The maximum absolute atomic E-state index is 6.21. The summed E-state index contributed by atoms with van der Waals surface area (Å²) in [6.45, 7) is 3.96. The number of nitrogens with two attached hydrogens (primary N) is 1. The van der Waals surface area contributed by atoms with Gasteiger partial charge in [-0.05, 0) is 32.0 Å². The molecule has 1 heterocycles. The molecule has 0 radical (unpaired) electrons. The molecule has 0 saturated heterocycles. The highest BCUT2D eigenvalue weighted by atomic mass is 35.5. The van der Waals surface area contributed by atoms with E-state index in [4.69, 9.17) is 22.2 Å². The first-order chi connectivity index (χ1) is 9.63. The Morgan fingerprint density at radius 2 is 1.95 bits per heavy atom. The van der Waals surface area contributed by atoms with Crippen LogP contribution in [0.2, 0.25) is 5.02 Å². The van der Waals surface area contributed by atoms with E-state index in [2.05, 4.69) is 10.4 Å². The van der Waals surface area contributed by atoms with Gasteiger partial charge in [-0.1, -0.05) is 29.8 Å². The predicted molar refractivity (Wildman–Crippen MR) is 80.6 cm³/mol. The number of ether oxygens (including phenoxy) is 1. The van der Waals surface area contributed by atoms with Gasteiger partial charge in [0.2, 0.25) is 0 Å². The zero-order chi connectivity index (χ0) is 14.5.